The van der Waals surface area contributed by atoms with Gasteiger partial charge in [-0.3, -0.25) is 5.41 Å². The Balaban J connectivity index is 2.83. The first-order chi connectivity index (χ1) is 4.74. The van der Waals surface area contributed by atoms with E-state index >= 15 is 0 Å². The fourth-order valence-electron chi connectivity index (χ4n) is 0.805. The van der Waals surface area contributed by atoms with E-state index in [0.29, 0.717) is 0 Å². The lowest BCUT2D eigenvalue weighted by molar-refractivity contribution is 0.723. The Labute approximate surface area is 60.7 Å². The maximum absolute atomic E-state index is 6.95. The number of hydrogen-bond acceptors (Lipinski definition) is 1. The average Bonchev–Trinajstić information content (AvgIpc) is 1.88. The summed E-state index contributed by atoms with van der Waals surface area (Å²) in [4.78, 5) is 1.66. The summed E-state index contributed by atoms with van der Waals surface area (Å²) in [5.41, 5.74) is 2.01. The highest BCUT2D eigenvalue weighted by Crippen LogP contribution is 2.12. The van der Waals surface area contributed by atoms with Crippen LogP contribution in [0.4, 0.5) is 0 Å². The van der Waals surface area contributed by atoms with Gasteiger partial charge in [0.25, 0.3) is 0 Å². The molecule has 0 atom stereocenters. The Hall–Kier alpha value is -1.31. The predicted molar refractivity (Wildman–Crippen MR) is 42.7 cm³/mol. The van der Waals surface area contributed by atoms with Gasteiger partial charge in [0.15, 0.2) is 0 Å². The van der Waals surface area contributed by atoms with Crippen molar-refractivity contribution in [2.45, 2.75) is 6.92 Å². The van der Waals surface area contributed by atoms with Crippen LogP contribution in [0.3, 0.4) is 0 Å². The van der Waals surface area contributed by atoms with Gasteiger partial charge < -0.3 is 4.90 Å². The van der Waals surface area contributed by atoms with Crippen molar-refractivity contribution in [2.24, 2.45) is 0 Å². The second kappa shape index (κ2) is 2.52. The Kier molecular flexibility index (Phi) is 1.71. The molecule has 0 amide bonds. The second-order valence-electron chi connectivity index (χ2n) is 2.23. The van der Waals surface area contributed by atoms with Crippen molar-refractivity contribution in [3.63, 3.8) is 0 Å². The minimum atomic E-state index is 0.843. The van der Waals surface area contributed by atoms with E-state index in [1.807, 2.05) is 25.3 Å². The van der Waals surface area contributed by atoms with Crippen LogP contribution in [0.2, 0.25) is 0 Å². The van der Waals surface area contributed by atoms with E-state index in [4.69, 9.17) is 5.41 Å². The summed E-state index contributed by atoms with van der Waals surface area (Å²) in [6, 6.07) is 0. The van der Waals surface area contributed by atoms with Gasteiger partial charge >= 0.3 is 0 Å². The number of hydrogen-bond donors (Lipinski definition) is 1. The van der Waals surface area contributed by atoms with E-state index in [1.54, 1.807) is 4.90 Å². The molecule has 1 aliphatic rings. The fraction of sp³-hybridized carbons (Fsp3) is 0.125. The molecule has 1 N–H and O–H groups in total. The monoisotopic (exact) mass is 134 g/mol. The first-order valence-electron chi connectivity index (χ1n) is 3.08. The van der Waals surface area contributed by atoms with Gasteiger partial charge in [-0.05, 0) is 24.6 Å². The molecule has 0 saturated heterocycles. The van der Waals surface area contributed by atoms with Crippen LogP contribution in [0.1, 0.15) is 6.92 Å². The molecule has 0 fully saturated rings. The van der Waals surface area contributed by atoms with Crippen molar-refractivity contribution in [2.75, 3.05) is 0 Å². The van der Waals surface area contributed by atoms with Crippen molar-refractivity contribution in [1.29, 1.82) is 5.41 Å². The van der Waals surface area contributed by atoms with Crippen LogP contribution in [0.25, 0.3) is 0 Å². The molecule has 0 bridgehead atoms. The van der Waals surface area contributed by atoms with E-state index in [0.717, 1.165) is 5.70 Å². The van der Waals surface area contributed by atoms with Gasteiger partial charge in [-0.1, -0.05) is 6.58 Å². The molecule has 0 radical (unpaired) electrons. The van der Waals surface area contributed by atoms with Gasteiger partial charge in [-0.2, -0.15) is 0 Å². The number of rotatable bonds is 1. The summed E-state index contributed by atoms with van der Waals surface area (Å²) in [7, 11) is 0. The molecule has 1 heterocycles. The standard InChI is InChI=1S/C8H10N2/c1-7-3-4-10(6-9)8(2)5-7/h3-6,9H,2H2,1H3. The van der Waals surface area contributed by atoms with Crippen molar-refractivity contribution >= 4 is 6.34 Å². The highest BCUT2D eigenvalue weighted by molar-refractivity contribution is 5.59. The van der Waals surface area contributed by atoms with Gasteiger partial charge in [0.2, 0.25) is 0 Å². The third-order valence-corrected chi connectivity index (χ3v) is 1.36. The summed E-state index contributed by atoms with van der Waals surface area (Å²) in [6.07, 6.45) is 6.94. The highest BCUT2D eigenvalue weighted by Gasteiger charge is 2.01. The molecule has 0 aliphatic carbocycles. The average molecular weight is 134 g/mol. The Bertz CT molecular complexity index is 223. The molecule has 0 saturated carbocycles. The summed E-state index contributed by atoms with van der Waals surface area (Å²) < 4.78 is 0. The van der Waals surface area contributed by atoms with Gasteiger partial charge in [0, 0.05) is 11.9 Å². The first kappa shape index (κ1) is 6.81. The van der Waals surface area contributed by atoms with Gasteiger partial charge in [0.05, 0.1) is 6.34 Å². The Morgan fingerprint density at radius 3 is 2.90 bits per heavy atom. The molecule has 10 heavy (non-hydrogen) atoms. The predicted octanol–water partition coefficient (Wildman–Crippen LogP) is 1.88. The van der Waals surface area contributed by atoms with Crippen LogP contribution in [-0.2, 0) is 0 Å². The zero-order valence-electron chi connectivity index (χ0n) is 5.96. The lowest BCUT2D eigenvalue weighted by Crippen LogP contribution is -2.13. The SMILES string of the molecule is C=C1C=C(C)C=CN1C=N. The molecular formula is C8H10N2. The third-order valence-electron chi connectivity index (χ3n) is 1.36. The lowest BCUT2D eigenvalue weighted by Gasteiger charge is -2.17. The molecule has 1 rings (SSSR count). The Morgan fingerprint density at radius 1 is 1.70 bits per heavy atom. The van der Waals surface area contributed by atoms with Crippen molar-refractivity contribution < 1.29 is 0 Å². The van der Waals surface area contributed by atoms with E-state index < -0.39 is 0 Å². The maximum atomic E-state index is 6.95. The molecule has 0 unspecified atom stereocenters. The molecule has 0 aromatic heterocycles. The van der Waals surface area contributed by atoms with E-state index in [1.165, 1.54) is 11.9 Å². The van der Waals surface area contributed by atoms with Crippen molar-refractivity contribution in [3.05, 3.63) is 36.2 Å². The van der Waals surface area contributed by atoms with Crippen LogP contribution in [-0.4, -0.2) is 11.2 Å². The molecule has 1 aliphatic heterocycles. The largest absolute Gasteiger partial charge is 0.309 e. The number of nitrogens with zero attached hydrogens (tertiary/aromatic N) is 1. The highest BCUT2D eigenvalue weighted by atomic mass is 15.1. The zero-order valence-corrected chi connectivity index (χ0v) is 5.96. The minimum absolute atomic E-state index is 0.843. The van der Waals surface area contributed by atoms with Crippen LogP contribution in [0.5, 0.6) is 0 Å². The maximum Gasteiger partial charge on any atom is 0.0902 e. The van der Waals surface area contributed by atoms with Crippen LogP contribution < -0.4 is 0 Å². The van der Waals surface area contributed by atoms with Crippen LogP contribution in [0.15, 0.2) is 36.2 Å². The topological polar surface area (TPSA) is 27.1 Å². The summed E-state index contributed by atoms with van der Waals surface area (Å²) >= 11 is 0. The first-order valence-corrected chi connectivity index (χ1v) is 3.08. The fourth-order valence-corrected chi connectivity index (χ4v) is 0.805. The molecule has 0 aromatic carbocycles. The van der Waals surface area contributed by atoms with Gasteiger partial charge in [0.1, 0.15) is 0 Å². The quantitative estimate of drug-likeness (QED) is 0.430. The Morgan fingerprint density at radius 2 is 2.40 bits per heavy atom. The van der Waals surface area contributed by atoms with Crippen LogP contribution in [0, 0.1) is 5.41 Å². The second-order valence-corrected chi connectivity index (χ2v) is 2.23. The molecule has 0 aromatic rings. The van der Waals surface area contributed by atoms with Gasteiger partial charge in [-0.15, -0.1) is 0 Å². The molecule has 52 valence electrons. The molecule has 0 spiro atoms. The van der Waals surface area contributed by atoms with E-state index in [-0.39, 0.29) is 0 Å². The molecule has 2 heteroatoms. The number of allylic oxidation sites excluding steroid dienone is 3. The van der Waals surface area contributed by atoms with Gasteiger partial charge in [-0.25, -0.2) is 0 Å². The molecular weight excluding hydrogens is 124 g/mol. The normalized spacial score (nSPS) is 17.1. The summed E-state index contributed by atoms with van der Waals surface area (Å²) in [5, 5.41) is 6.95. The number of nitrogens with one attached hydrogen (secondary N) is 1. The van der Waals surface area contributed by atoms with Crippen LogP contribution >= 0.6 is 0 Å². The lowest BCUT2D eigenvalue weighted by atomic mass is 10.2. The molecule has 2 nitrogen and oxygen atoms in total. The van der Waals surface area contributed by atoms with Crippen molar-refractivity contribution in [1.82, 2.24) is 4.90 Å². The van der Waals surface area contributed by atoms with Crippen molar-refractivity contribution in [3.8, 4) is 0 Å². The third kappa shape index (κ3) is 1.16. The summed E-state index contributed by atoms with van der Waals surface area (Å²) in [5.74, 6) is 0. The van der Waals surface area contributed by atoms with E-state index in [9.17, 15) is 0 Å². The smallest absolute Gasteiger partial charge is 0.0902 e. The summed E-state index contributed by atoms with van der Waals surface area (Å²) in [6.45, 7) is 5.77. The van der Waals surface area contributed by atoms with E-state index in [2.05, 4.69) is 6.58 Å². The minimum Gasteiger partial charge on any atom is -0.309 e. The zero-order chi connectivity index (χ0) is 7.56.